The SMILES string of the molecule is CC(C)(C)C(NN)c1c(F)cc(Br)cc1F. The number of nitrogens with two attached hydrogens (primary N) is 1. The van der Waals surface area contributed by atoms with Gasteiger partial charge < -0.3 is 0 Å². The minimum atomic E-state index is -0.607. The van der Waals surface area contributed by atoms with Crippen LogP contribution < -0.4 is 11.3 Å². The molecule has 1 unspecified atom stereocenters. The Bertz CT molecular complexity index is 365. The summed E-state index contributed by atoms with van der Waals surface area (Å²) in [6, 6.07) is 1.88. The van der Waals surface area contributed by atoms with Crippen LogP contribution in [0.4, 0.5) is 8.78 Å². The maximum absolute atomic E-state index is 13.7. The van der Waals surface area contributed by atoms with E-state index in [1.54, 1.807) is 0 Å². The fourth-order valence-corrected chi connectivity index (χ4v) is 2.00. The van der Waals surface area contributed by atoms with E-state index in [1.807, 2.05) is 20.8 Å². The van der Waals surface area contributed by atoms with Crippen LogP contribution in [0.15, 0.2) is 16.6 Å². The lowest BCUT2D eigenvalue weighted by Gasteiger charge is -2.30. The minimum absolute atomic E-state index is 0.0294. The van der Waals surface area contributed by atoms with E-state index in [1.165, 1.54) is 12.1 Å². The van der Waals surface area contributed by atoms with Crippen molar-refractivity contribution in [2.45, 2.75) is 26.8 Å². The van der Waals surface area contributed by atoms with Gasteiger partial charge in [0.2, 0.25) is 0 Å². The Balaban J connectivity index is 3.31. The molecule has 1 rings (SSSR count). The van der Waals surface area contributed by atoms with E-state index in [9.17, 15) is 8.78 Å². The Morgan fingerprint density at radius 1 is 1.25 bits per heavy atom. The van der Waals surface area contributed by atoms with Crippen molar-refractivity contribution in [3.8, 4) is 0 Å². The van der Waals surface area contributed by atoms with Crippen molar-refractivity contribution < 1.29 is 8.78 Å². The molecular formula is C11H15BrF2N2. The number of hydrazine groups is 1. The molecule has 0 amide bonds. The molecule has 0 aliphatic heterocycles. The van der Waals surface area contributed by atoms with Crippen LogP contribution in [0.5, 0.6) is 0 Å². The van der Waals surface area contributed by atoms with E-state index in [2.05, 4.69) is 21.4 Å². The standard InChI is InChI=1S/C11H15BrF2N2/c1-11(2,3)10(16-15)9-7(13)4-6(12)5-8(9)14/h4-5,10,16H,15H2,1-3H3. The van der Waals surface area contributed by atoms with Gasteiger partial charge in [0.05, 0.1) is 6.04 Å². The first-order valence-electron chi connectivity index (χ1n) is 4.88. The number of nitrogens with one attached hydrogen (secondary N) is 1. The van der Waals surface area contributed by atoms with Crippen molar-refractivity contribution in [3.05, 3.63) is 33.8 Å². The molecule has 1 aromatic rings. The fourth-order valence-electron chi connectivity index (χ4n) is 1.60. The summed E-state index contributed by atoms with van der Waals surface area (Å²) >= 11 is 3.04. The topological polar surface area (TPSA) is 38.0 Å². The molecule has 0 saturated heterocycles. The van der Waals surface area contributed by atoms with Crippen LogP contribution in [-0.2, 0) is 0 Å². The highest BCUT2D eigenvalue weighted by atomic mass is 79.9. The summed E-state index contributed by atoms with van der Waals surface area (Å²) in [6.45, 7) is 5.58. The molecule has 5 heteroatoms. The van der Waals surface area contributed by atoms with Gasteiger partial charge in [0.1, 0.15) is 11.6 Å². The number of hydrogen-bond donors (Lipinski definition) is 2. The third kappa shape index (κ3) is 2.78. The molecule has 0 radical (unpaired) electrons. The van der Waals surface area contributed by atoms with Gasteiger partial charge in [-0.15, -0.1) is 0 Å². The van der Waals surface area contributed by atoms with E-state index in [0.29, 0.717) is 4.47 Å². The molecule has 0 aliphatic carbocycles. The van der Waals surface area contributed by atoms with E-state index in [0.717, 1.165) is 0 Å². The predicted molar refractivity (Wildman–Crippen MR) is 63.6 cm³/mol. The molecule has 0 bridgehead atoms. The Morgan fingerprint density at radius 2 is 1.69 bits per heavy atom. The van der Waals surface area contributed by atoms with Crippen LogP contribution >= 0.6 is 15.9 Å². The summed E-state index contributed by atoms with van der Waals surface area (Å²) in [5.41, 5.74) is 2.05. The first-order valence-corrected chi connectivity index (χ1v) is 5.67. The highest BCUT2D eigenvalue weighted by molar-refractivity contribution is 9.10. The van der Waals surface area contributed by atoms with Gasteiger partial charge in [0.15, 0.2) is 0 Å². The van der Waals surface area contributed by atoms with Crippen molar-refractivity contribution in [2.75, 3.05) is 0 Å². The average Bonchev–Trinajstić information content (AvgIpc) is 2.08. The third-order valence-electron chi connectivity index (χ3n) is 2.37. The second-order valence-corrected chi connectivity index (χ2v) is 5.66. The number of halogens is 3. The smallest absolute Gasteiger partial charge is 0.132 e. The number of rotatable bonds is 2. The zero-order chi connectivity index (χ0) is 12.5. The molecular weight excluding hydrogens is 278 g/mol. The molecule has 3 N–H and O–H groups in total. The van der Waals surface area contributed by atoms with E-state index < -0.39 is 17.7 Å². The maximum atomic E-state index is 13.7. The van der Waals surface area contributed by atoms with Crippen LogP contribution in [-0.4, -0.2) is 0 Å². The van der Waals surface area contributed by atoms with Crippen LogP contribution in [0.2, 0.25) is 0 Å². The number of hydrogen-bond acceptors (Lipinski definition) is 2. The Labute approximate surface area is 102 Å². The summed E-state index contributed by atoms with van der Waals surface area (Å²) in [6.07, 6.45) is 0. The van der Waals surface area contributed by atoms with E-state index >= 15 is 0 Å². The van der Waals surface area contributed by atoms with Crippen molar-refractivity contribution in [2.24, 2.45) is 11.3 Å². The lowest BCUT2D eigenvalue weighted by molar-refractivity contribution is 0.261. The normalized spacial score (nSPS) is 13.9. The summed E-state index contributed by atoms with van der Waals surface area (Å²) in [4.78, 5) is 0. The van der Waals surface area contributed by atoms with Crippen molar-refractivity contribution in [1.29, 1.82) is 0 Å². The summed E-state index contributed by atoms with van der Waals surface area (Å²) in [5, 5.41) is 0. The molecule has 90 valence electrons. The quantitative estimate of drug-likeness (QED) is 0.648. The fraction of sp³-hybridized carbons (Fsp3) is 0.455. The highest BCUT2D eigenvalue weighted by Gasteiger charge is 2.30. The molecule has 0 saturated carbocycles. The second-order valence-electron chi connectivity index (χ2n) is 4.75. The van der Waals surface area contributed by atoms with Crippen LogP contribution in [0.1, 0.15) is 32.4 Å². The van der Waals surface area contributed by atoms with Gasteiger partial charge in [0, 0.05) is 10.0 Å². The van der Waals surface area contributed by atoms with Crippen LogP contribution in [0.25, 0.3) is 0 Å². The summed E-state index contributed by atoms with van der Waals surface area (Å²) < 4.78 is 27.8. The second kappa shape index (κ2) is 4.77. The minimum Gasteiger partial charge on any atom is -0.271 e. The molecule has 0 aliphatic rings. The van der Waals surface area contributed by atoms with Gasteiger partial charge in [-0.25, -0.2) is 8.78 Å². The highest BCUT2D eigenvalue weighted by Crippen LogP contribution is 2.35. The molecule has 2 nitrogen and oxygen atoms in total. The zero-order valence-corrected chi connectivity index (χ0v) is 11.0. The Morgan fingerprint density at radius 3 is 2.00 bits per heavy atom. The largest absolute Gasteiger partial charge is 0.271 e. The first-order chi connectivity index (χ1) is 7.27. The molecule has 16 heavy (non-hydrogen) atoms. The number of benzene rings is 1. The molecule has 0 aromatic heterocycles. The van der Waals surface area contributed by atoms with Gasteiger partial charge in [0.25, 0.3) is 0 Å². The van der Waals surface area contributed by atoms with Gasteiger partial charge in [-0.3, -0.25) is 11.3 Å². The average molecular weight is 293 g/mol. The van der Waals surface area contributed by atoms with Gasteiger partial charge in [-0.2, -0.15) is 0 Å². The molecule has 0 heterocycles. The summed E-state index contributed by atoms with van der Waals surface area (Å²) in [7, 11) is 0. The lowest BCUT2D eigenvalue weighted by atomic mass is 9.82. The van der Waals surface area contributed by atoms with Gasteiger partial charge in [-0.1, -0.05) is 36.7 Å². The molecule has 1 aromatic carbocycles. The van der Waals surface area contributed by atoms with Crippen LogP contribution in [0.3, 0.4) is 0 Å². The van der Waals surface area contributed by atoms with Gasteiger partial charge in [-0.05, 0) is 17.5 Å². The Kier molecular flexibility index (Phi) is 4.04. The molecule has 1 atom stereocenters. The summed E-state index contributed by atoms with van der Waals surface area (Å²) in [5.74, 6) is 4.16. The molecule has 0 spiro atoms. The van der Waals surface area contributed by atoms with Gasteiger partial charge >= 0.3 is 0 Å². The lowest BCUT2D eigenvalue weighted by Crippen LogP contribution is -2.38. The predicted octanol–water partition coefficient (Wildman–Crippen LogP) is 3.28. The van der Waals surface area contributed by atoms with E-state index in [-0.39, 0.29) is 11.0 Å². The van der Waals surface area contributed by atoms with Crippen molar-refractivity contribution in [3.63, 3.8) is 0 Å². The first kappa shape index (κ1) is 13.5. The maximum Gasteiger partial charge on any atom is 0.132 e. The zero-order valence-electron chi connectivity index (χ0n) is 9.44. The van der Waals surface area contributed by atoms with E-state index in [4.69, 9.17) is 5.84 Å². The monoisotopic (exact) mass is 292 g/mol. The van der Waals surface area contributed by atoms with Crippen molar-refractivity contribution in [1.82, 2.24) is 5.43 Å². The molecule has 0 fully saturated rings. The van der Waals surface area contributed by atoms with Crippen molar-refractivity contribution >= 4 is 15.9 Å². The van der Waals surface area contributed by atoms with Crippen LogP contribution in [0, 0.1) is 17.0 Å². The Hall–Kier alpha value is -0.520. The third-order valence-corrected chi connectivity index (χ3v) is 2.82.